The Morgan fingerprint density at radius 2 is 0.900 bits per heavy atom. The first kappa shape index (κ1) is 58.4. The summed E-state index contributed by atoms with van der Waals surface area (Å²) in [5.74, 6) is -17.9. The number of aliphatic hydroxyl groups is 9. The lowest BCUT2D eigenvalue weighted by atomic mass is 9.53. The minimum absolute atomic E-state index is 0. The number of aliphatic hydroxyl groups excluding tert-OH is 7. The number of hydrogen-bond donors (Lipinski definition) is 13. The maximum atomic E-state index is 13.6. The van der Waals surface area contributed by atoms with Crippen molar-refractivity contribution in [1.82, 2.24) is 9.80 Å². The van der Waals surface area contributed by atoms with Gasteiger partial charge in [0, 0.05) is 29.6 Å². The third-order valence-electron chi connectivity index (χ3n) is 14.0. The van der Waals surface area contributed by atoms with Crippen LogP contribution in [0.5, 0.6) is 11.5 Å². The molecule has 0 amide bonds. The monoisotopic (exact) mass is 1020 g/mol. The number of Topliss-reactive ketones (excluding diaryl/α,β-unsaturated/α-hetero) is 6. The van der Waals surface area contributed by atoms with Crippen LogP contribution in [0.1, 0.15) is 57.7 Å². The quantitative estimate of drug-likeness (QED) is 0.0575. The molecule has 0 aromatic heterocycles. The van der Waals surface area contributed by atoms with E-state index in [1.165, 1.54) is 50.1 Å². The Bertz CT molecular complexity index is 2490. The summed E-state index contributed by atoms with van der Waals surface area (Å²) in [5, 5.41) is 115. The zero-order valence-electron chi connectivity index (χ0n) is 40.6. The predicted octanol–water partition coefficient (Wildman–Crippen LogP) is -7.60. The fraction of sp³-hybridized carbons (Fsp3) is 0.435. The minimum atomic E-state index is -2.97. The van der Waals surface area contributed by atoms with Crippen molar-refractivity contribution in [1.29, 1.82) is 0 Å². The lowest BCUT2D eigenvalue weighted by Crippen LogP contribution is -3.00. The van der Waals surface area contributed by atoms with E-state index in [4.69, 9.17) is 16.6 Å². The lowest BCUT2D eigenvalue weighted by molar-refractivity contribution is -0.179. The molecule has 12 atom stereocenters. The molecule has 0 spiro atoms. The second-order valence-corrected chi connectivity index (χ2v) is 17.9. The topological polar surface area (TPSA) is 415 Å². The van der Waals surface area contributed by atoms with Gasteiger partial charge in [-0.05, 0) is 70.2 Å². The summed E-state index contributed by atoms with van der Waals surface area (Å²) in [5.41, 5.74) is 2.87. The number of carbonyl (C=O) groups is 6. The summed E-state index contributed by atoms with van der Waals surface area (Å²) >= 11 is 0. The zero-order chi connectivity index (χ0) is 50.4. The number of nitrogens with zero attached hydrogens (tertiary/aromatic N) is 2. The van der Waals surface area contributed by atoms with Crippen molar-refractivity contribution < 1.29 is 118 Å². The average Bonchev–Trinajstić information content (AvgIpc) is 3.23. The van der Waals surface area contributed by atoms with Crippen molar-refractivity contribution in [3.63, 3.8) is 0 Å². The van der Waals surface area contributed by atoms with E-state index < -0.39 is 151 Å². The SMILES string of the molecule is CCO.C[C@H]1c2cccc(O)c2C(O)=C2C(=O)[C@]3(O)C(=O)/C(=C(\N)O)C(=O)[C@@H](N(C)C)[C@@H]3[C@@H](O)[C@@H]21.C[C@H]1c2cccc(O)c2C(O)=C2C(=O)[C@]3(O)C(=O)/C(=C(\N)O)C(=O)[C@@H](N(C)C)[C@@H]3[C@@H](O)[C@@H]21.O.[Cl-].[Cl-].[H+].[H+]. The number of likely N-dealkylation sites (N-methyl/N-ethyl adjacent to an activating group) is 2. The van der Waals surface area contributed by atoms with Crippen LogP contribution >= 0.6 is 0 Å². The molecule has 17 N–H and O–H groups in total. The van der Waals surface area contributed by atoms with Crippen LogP contribution in [-0.4, -0.2) is 176 Å². The van der Waals surface area contributed by atoms with Crippen LogP contribution in [0.3, 0.4) is 0 Å². The number of carbonyl (C=O) groups excluding carboxylic acids is 6. The maximum Gasteiger partial charge on any atom is 1.00 e. The standard InChI is InChI=1S/2C22H24N2O8.C2H6O.2ClH.H2O/c2*1-7-8-5-4-6-9(25)11(8)16(26)12-10(7)17(27)14-15(24(2)3)18(28)13(21(23)31)20(30)22(14,32)19(12)29;1-2-3;;;/h2*4-7,10,14-15,17,25-27,31-32H,23H2,1-3H3;3H,2H2,1H3;2*1H;1H2/b2*21-13+;;;;/t2*7-,10+,14+,15-,17-,22-;;;;/m00..../s1. The number of fused-ring (bicyclic) bond motifs is 6. The number of phenolic OH excluding ortho intramolecular Hbond substituents is 2. The van der Waals surface area contributed by atoms with E-state index >= 15 is 0 Å². The lowest BCUT2D eigenvalue weighted by Gasteiger charge is -2.53. The van der Waals surface area contributed by atoms with E-state index in [-0.39, 0.29) is 62.4 Å². The summed E-state index contributed by atoms with van der Waals surface area (Å²) < 4.78 is 0. The average molecular weight is 1030 g/mol. The van der Waals surface area contributed by atoms with Gasteiger partial charge in [0.05, 0.1) is 47.3 Å². The molecule has 8 rings (SSSR count). The Labute approximate surface area is 415 Å². The number of halogens is 2. The number of aromatic hydroxyl groups is 2. The first-order valence-corrected chi connectivity index (χ1v) is 21.1. The molecular formula is C46H58Cl2N4O18. The molecule has 4 fully saturated rings. The second-order valence-electron chi connectivity index (χ2n) is 17.9. The molecule has 0 saturated heterocycles. The minimum Gasteiger partial charge on any atom is -1.00 e. The predicted molar refractivity (Wildman–Crippen MR) is 239 cm³/mol. The van der Waals surface area contributed by atoms with Crippen molar-refractivity contribution in [3.05, 3.63) is 92.7 Å². The number of benzene rings is 2. The number of ketones is 6. The van der Waals surface area contributed by atoms with E-state index in [2.05, 4.69) is 0 Å². The van der Waals surface area contributed by atoms with E-state index in [9.17, 15) is 79.8 Å². The van der Waals surface area contributed by atoms with Gasteiger partial charge in [-0.25, -0.2) is 0 Å². The molecule has 6 aliphatic rings. The summed E-state index contributed by atoms with van der Waals surface area (Å²) in [7, 11) is 5.84. The largest absolute Gasteiger partial charge is 1.00 e. The van der Waals surface area contributed by atoms with Gasteiger partial charge in [-0.3, -0.25) is 38.6 Å². The summed E-state index contributed by atoms with van der Waals surface area (Å²) in [4.78, 5) is 82.3. The first-order valence-electron chi connectivity index (χ1n) is 21.1. The van der Waals surface area contributed by atoms with Crippen LogP contribution in [0.2, 0.25) is 0 Å². The van der Waals surface area contributed by atoms with E-state index in [0.29, 0.717) is 11.1 Å². The molecule has 2 aromatic rings. The summed E-state index contributed by atoms with van der Waals surface area (Å²) in [6.07, 6.45) is -3.22. The number of phenols is 2. The molecule has 0 heterocycles. The summed E-state index contributed by atoms with van der Waals surface area (Å²) in [6.45, 7) is 5.27. The highest BCUT2D eigenvalue weighted by Crippen LogP contribution is 2.57. The van der Waals surface area contributed by atoms with Crippen LogP contribution in [0.15, 0.2) is 70.5 Å². The molecule has 384 valence electrons. The van der Waals surface area contributed by atoms with Crippen LogP contribution in [0.25, 0.3) is 11.5 Å². The van der Waals surface area contributed by atoms with Crippen molar-refractivity contribution in [2.24, 2.45) is 35.1 Å². The van der Waals surface area contributed by atoms with E-state index in [1.54, 1.807) is 45.0 Å². The molecule has 70 heavy (non-hydrogen) atoms. The molecular weight excluding hydrogens is 967 g/mol. The van der Waals surface area contributed by atoms with Gasteiger partial charge in [-0.1, -0.05) is 38.1 Å². The molecule has 0 radical (unpaired) electrons. The van der Waals surface area contributed by atoms with Crippen LogP contribution in [0, 0.1) is 23.7 Å². The van der Waals surface area contributed by atoms with Gasteiger partial charge in [0.1, 0.15) is 34.2 Å². The molecule has 2 aromatic carbocycles. The van der Waals surface area contributed by atoms with Crippen molar-refractivity contribution in [2.45, 2.75) is 68.1 Å². The molecule has 24 heteroatoms. The van der Waals surface area contributed by atoms with Crippen LogP contribution in [-0.2, 0) is 28.8 Å². The van der Waals surface area contributed by atoms with Crippen LogP contribution in [0.4, 0.5) is 0 Å². The van der Waals surface area contributed by atoms with Gasteiger partial charge in [0.25, 0.3) is 0 Å². The molecule has 0 aliphatic heterocycles. The molecule has 0 bridgehead atoms. The Hall–Kier alpha value is -5.92. The van der Waals surface area contributed by atoms with Gasteiger partial charge < -0.3 is 97.9 Å². The van der Waals surface area contributed by atoms with E-state index in [0.717, 1.165) is 0 Å². The Balaban J connectivity index is 0.000000640. The molecule has 6 aliphatic carbocycles. The second kappa shape index (κ2) is 20.4. The van der Waals surface area contributed by atoms with Gasteiger partial charge in [-0.2, -0.15) is 0 Å². The highest BCUT2D eigenvalue weighted by atomic mass is 35.5. The Kier molecular flexibility index (Phi) is 17.0. The smallest absolute Gasteiger partial charge is 1.00 e. The van der Waals surface area contributed by atoms with Gasteiger partial charge >= 0.3 is 2.85 Å². The number of rotatable bonds is 2. The molecule has 0 unspecified atom stereocenters. The third-order valence-corrected chi connectivity index (χ3v) is 14.0. The fourth-order valence-corrected chi connectivity index (χ4v) is 11.1. The van der Waals surface area contributed by atoms with Gasteiger partial charge in [0.2, 0.25) is 23.1 Å². The van der Waals surface area contributed by atoms with Crippen molar-refractivity contribution >= 4 is 46.2 Å². The number of nitrogens with two attached hydrogens (primary N) is 2. The van der Waals surface area contributed by atoms with Crippen molar-refractivity contribution in [3.8, 4) is 11.5 Å². The van der Waals surface area contributed by atoms with Crippen LogP contribution < -0.4 is 36.3 Å². The fourth-order valence-electron chi connectivity index (χ4n) is 11.1. The number of hydrogen-bond acceptors (Lipinski definition) is 21. The van der Waals surface area contributed by atoms with E-state index in [1.807, 2.05) is 0 Å². The first-order chi connectivity index (χ1) is 31.1. The maximum absolute atomic E-state index is 13.6. The summed E-state index contributed by atoms with van der Waals surface area (Å²) in [6, 6.07) is 6.24. The molecule has 4 saturated carbocycles. The normalized spacial score (nSPS) is 33.2. The Morgan fingerprint density at radius 3 is 1.16 bits per heavy atom. The highest BCUT2D eigenvalue weighted by Gasteiger charge is 2.71. The zero-order valence-corrected chi connectivity index (χ0v) is 40.1. The Morgan fingerprint density at radius 1 is 0.614 bits per heavy atom. The highest BCUT2D eigenvalue weighted by molar-refractivity contribution is 6.37. The van der Waals surface area contributed by atoms with Gasteiger partial charge in [0.15, 0.2) is 34.5 Å². The van der Waals surface area contributed by atoms with Crippen molar-refractivity contribution in [2.75, 3.05) is 34.8 Å². The third kappa shape index (κ3) is 8.01. The van der Waals surface area contributed by atoms with Gasteiger partial charge in [-0.15, -0.1) is 0 Å². The molecule has 22 nitrogen and oxygen atoms in total.